The van der Waals surface area contributed by atoms with Crippen molar-refractivity contribution in [1.29, 1.82) is 0 Å². The maximum absolute atomic E-state index is 11.1. The standard InChI is InChI=1S/C10H20N2O4/c1-4-16-10(15)6-8-12(11(2)3)7-5-9(13)14/h4-8H2,1-3H3,(H,13,14). The van der Waals surface area contributed by atoms with Crippen LogP contribution in [-0.4, -0.2) is 60.9 Å². The molecule has 0 aromatic rings. The predicted octanol–water partition coefficient (Wildman–Crippen LogP) is 0.193. The van der Waals surface area contributed by atoms with Gasteiger partial charge in [0.05, 0.1) is 19.4 Å². The van der Waals surface area contributed by atoms with E-state index in [1.165, 1.54) is 0 Å². The van der Waals surface area contributed by atoms with Crippen molar-refractivity contribution in [1.82, 2.24) is 10.0 Å². The Morgan fingerprint density at radius 3 is 2.19 bits per heavy atom. The number of rotatable bonds is 8. The molecule has 0 aromatic heterocycles. The van der Waals surface area contributed by atoms with Gasteiger partial charge >= 0.3 is 11.9 Å². The van der Waals surface area contributed by atoms with E-state index in [2.05, 4.69) is 0 Å². The van der Waals surface area contributed by atoms with Gasteiger partial charge in [0.2, 0.25) is 0 Å². The highest BCUT2D eigenvalue weighted by molar-refractivity contribution is 5.69. The number of carboxylic acid groups (broad SMARTS) is 1. The summed E-state index contributed by atoms with van der Waals surface area (Å²) in [6.45, 7) is 2.99. The number of hydrazine groups is 1. The highest BCUT2D eigenvalue weighted by atomic mass is 16.5. The summed E-state index contributed by atoms with van der Waals surface area (Å²) in [5, 5.41) is 12.1. The van der Waals surface area contributed by atoms with Gasteiger partial charge in [-0.3, -0.25) is 9.59 Å². The Bertz CT molecular complexity index is 231. The third-order valence-corrected chi connectivity index (χ3v) is 2.03. The fourth-order valence-corrected chi connectivity index (χ4v) is 1.19. The number of esters is 1. The van der Waals surface area contributed by atoms with Crippen LogP contribution in [0.5, 0.6) is 0 Å². The minimum atomic E-state index is -0.844. The molecule has 0 aliphatic carbocycles. The molecule has 0 aliphatic heterocycles. The topological polar surface area (TPSA) is 70.1 Å². The van der Waals surface area contributed by atoms with Crippen molar-refractivity contribution in [3.8, 4) is 0 Å². The van der Waals surface area contributed by atoms with E-state index in [9.17, 15) is 9.59 Å². The normalized spacial score (nSPS) is 10.8. The van der Waals surface area contributed by atoms with Crippen LogP contribution in [0, 0.1) is 0 Å². The molecule has 0 rings (SSSR count). The number of carbonyl (C=O) groups excluding carboxylic acids is 1. The van der Waals surface area contributed by atoms with Crippen LogP contribution in [0.15, 0.2) is 0 Å². The Morgan fingerprint density at radius 2 is 1.75 bits per heavy atom. The molecule has 0 amide bonds. The fourth-order valence-electron chi connectivity index (χ4n) is 1.19. The molecule has 1 N–H and O–H groups in total. The van der Waals surface area contributed by atoms with Crippen molar-refractivity contribution in [2.45, 2.75) is 19.8 Å². The number of carbonyl (C=O) groups is 2. The van der Waals surface area contributed by atoms with Crippen molar-refractivity contribution >= 4 is 11.9 Å². The number of hydrogen-bond donors (Lipinski definition) is 1. The van der Waals surface area contributed by atoms with Gasteiger partial charge in [-0.2, -0.15) is 0 Å². The molecule has 94 valence electrons. The molecular weight excluding hydrogens is 212 g/mol. The van der Waals surface area contributed by atoms with Gasteiger partial charge in [0, 0.05) is 27.2 Å². The molecule has 16 heavy (non-hydrogen) atoms. The Kier molecular flexibility index (Phi) is 7.49. The molecule has 6 heteroatoms. The monoisotopic (exact) mass is 232 g/mol. The Morgan fingerprint density at radius 1 is 1.19 bits per heavy atom. The Hall–Kier alpha value is -1.14. The zero-order chi connectivity index (χ0) is 12.6. The second kappa shape index (κ2) is 8.06. The van der Waals surface area contributed by atoms with Crippen molar-refractivity contribution in [2.75, 3.05) is 33.8 Å². The van der Waals surface area contributed by atoms with E-state index < -0.39 is 5.97 Å². The van der Waals surface area contributed by atoms with Crippen LogP contribution in [0.2, 0.25) is 0 Å². The van der Waals surface area contributed by atoms with E-state index in [0.29, 0.717) is 19.7 Å². The maximum Gasteiger partial charge on any atom is 0.307 e. The minimum Gasteiger partial charge on any atom is -0.481 e. The summed E-state index contributed by atoms with van der Waals surface area (Å²) in [5.74, 6) is -1.10. The number of carboxylic acids is 1. The summed E-state index contributed by atoms with van der Waals surface area (Å²) < 4.78 is 4.80. The van der Waals surface area contributed by atoms with Crippen LogP contribution in [0.25, 0.3) is 0 Å². The van der Waals surface area contributed by atoms with Gasteiger partial charge in [-0.05, 0) is 6.92 Å². The molecule has 0 saturated heterocycles. The number of hydrogen-bond acceptors (Lipinski definition) is 5. The lowest BCUT2D eigenvalue weighted by atomic mass is 10.3. The molecule has 0 aromatic carbocycles. The first-order valence-corrected chi connectivity index (χ1v) is 5.27. The van der Waals surface area contributed by atoms with Gasteiger partial charge in [0.25, 0.3) is 0 Å². The van der Waals surface area contributed by atoms with Crippen LogP contribution < -0.4 is 0 Å². The summed E-state index contributed by atoms with van der Waals surface area (Å²) in [6.07, 6.45) is 0.326. The first kappa shape index (κ1) is 14.9. The highest BCUT2D eigenvalue weighted by Gasteiger charge is 2.12. The van der Waals surface area contributed by atoms with Crippen LogP contribution in [-0.2, 0) is 14.3 Å². The molecule has 0 spiro atoms. The van der Waals surface area contributed by atoms with Gasteiger partial charge in [0.1, 0.15) is 0 Å². The smallest absolute Gasteiger partial charge is 0.307 e. The summed E-state index contributed by atoms with van der Waals surface area (Å²) in [6, 6.07) is 0. The second-order valence-corrected chi connectivity index (χ2v) is 3.50. The summed E-state index contributed by atoms with van der Waals surface area (Å²) >= 11 is 0. The van der Waals surface area contributed by atoms with Crippen LogP contribution in [0.1, 0.15) is 19.8 Å². The number of nitrogens with zero attached hydrogens (tertiary/aromatic N) is 2. The van der Waals surface area contributed by atoms with Crippen molar-refractivity contribution in [3.63, 3.8) is 0 Å². The molecule has 0 aliphatic rings. The van der Waals surface area contributed by atoms with E-state index in [4.69, 9.17) is 9.84 Å². The van der Waals surface area contributed by atoms with Crippen molar-refractivity contribution < 1.29 is 19.4 Å². The molecule has 0 radical (unpaired) electrons. The van der Waals surface area contributed by atoms with E-state index >= 15 is 0 Å². The Balaban J connectivity index is 3.94. The number of aliphatic carboxylic acids is 1. The third kappa shape index (κ3) is 7.19. The number of ether oxygens (including phenoxy) is 1. The van der Waals surface area contributed by atoms with Crippen molar-refractivity contribution in [3.05, 3.63) is 0 Å². The van der Waals surface area contributed by atoms with E-state index in [-0.39, 0.29) is 18.8 Å². The van der Waals surface area contributed by atoms with E-state index in [1.54, 1.807) is 16.9 Å². The lowest BCUT2D eigenvalue weighted by molar-refractivity contribution is -0.144. The lowest BCUT2D eigenvalue weighted by Crippen LogP contribution is -2.39. The maximum atomic E-state index is 11.1. The summed E-state index contributed by atoms with van der Waals surface area (Å²) in [7, 11) is 3.63. The summed E-state index contributed by atoms with van der Waals surface area (Å²) in [4.78, 5) is 21.6. The van der Waals surface area contributed by atoms with Crippen molar-refractivity contribution in [2.24, 2.45) is 0 Å². The van der Waals surface area contributed by atoms with Crippen LogP contribution in [0.4, 0.5) is 0 Å². The average Bonchev–Trinajstić information content (AvgIpc) is 2.17. The molecule has 0 saturated carbocycles. The quantitative estimate of drug-likeness (QED) is 0.476. The first-order chi connectivity index (χ1) is 7.47. The zero-order valence-electron chi connectivity index (χ0n) is 10.1. The van der Waals surface area contributed by atoms with Crippen LogP contribution >= 0.6 is 0 Å². The highest BCUT2D eigenvalue weighted by Crippen LogP contribution is 1.98. The van der Waals surface area contributed by atoms with Gasteiger partial charge in [-0.15, -0.1) is 0 Å². The first-order valence-electron chi connectivity index (χ1n) is 5.27. The van der Waals surface area contributed by atoms with Gasteiger partial charge in [-0.1, -0.05) is 0 Å². The Labute approximate surface area is 95.7 Å². The van der Waals surface area contributed by atoms with Gasteiger partial charge in [-0.25, -0.2) is 10.0 Å². The molecule has 0 fully saturated rings. The van der Waals surface area contributed by atoms with Gasteiger partial charge < -0.3 is 9.84 Å². The minimum absolute atomic E-state index is 0.0566. The second-order valence-electron chi connectivity index (χ2n) is 3.50. The largest absolute Gasteiger partial charge is 0.481 e. The summed E-state index contributed by atoms with van der Waals surface area (Å²) in [5.41, 5.74) is 0. The van der Waals surface area contributed by atoms with E-state index in [1.807, 2.05) is 14.1 Å². The zero-order valence-corrected chi connectivity index (χ0v) is 10.1. The molecule has 0 bridgehead atoms. The third-order valence-electron chi connectivity index (χ3n) is 2.03. The van der Waals surface area contributed by atoms with Gasteiger partial charge in [0.15, 0.2) is 0 Å². The van der Waals surface area contributed by atoms with E-state index in [0.717, 1.165) is 0 Å². The molecule has 0 atom stereocenters. The lowest BCUT2D eigenvalue weighted by Gasteiger charge is -2.27. The molecule has 0 unspecified atom stereocenters. The molecule has 0 heterocycles. The molecule has 6 nitrogen and oxygen atoms in total. The van der Waals surface area contributed by atoms with Crippen LogP contribution in [0.3, 0.4) is 0 Å². The average molecular weight is 232 g/mol. The predicted molar refractivity (Wildman–Crippen MR) is 58.8 cm³/mol. The SMILES string of the molecule is CCOC(=O)CCN(CCC(=O)O)N(C)C. The fraction of sp³-hybridized carbons (Fsp3) is 0.800. The molecular formula is C10H20N2O4.